The number of hydrogen-bond donors (Lipinski definition) is 2. The molecule has 1 heterocycles. The van der Waals surface area contributed by atoms with Crippen LogP contribution in [-0.2, 0) is 4.79 Å². The van der Waals surface area contributed by atoms with Crippen molar-refractivity contribution in [3.63, 3.8) is 0 Å². The van der Waals surface area contributed by atoms with E-state index in [1.165, 1.54) is 0 Å². The van der Waals surface area contributed by atoms with Gasteiger partial charge in [-0.05, 0) is 38.7 Å². The van der Waals surface area contributed by atoms with Crippen molar-refractivity contribution in [2.75, 3.05) is 6.54 Å². The molecular formula is C15H22N2O2S. The lowest BCUT2D eigenvalue weighted by Crippen LogP contribution is -2.41. The van der Waals surface area contributed by atoms with Crippen molar-refractivity contribution in [2.45, 2.75) is 45.6 Å². The fourth-order valence-corrected chi connectivity index (χ4v) is 3.36. The monoisotopic (exact) mass is 294 g/mol. The van der Waals surface area contributed by atoms with Crippen LogP contribution in [0.3, 0.4) is 0 Å². The third kappa shape index (κ3) is 3.90. The second-order valence-corrected chi connectivity index (χ2v) is 6.96. The molecule has 4 nitrogen and oxygen atoms in total. The number of rotatable bonds is 7. The third-order valence-corrected chi connectivity index (χ3v) is 4.68. The van der Waals surface area contributed by atoms with Crippen LogP contribution in [0, 0.1) is 19.8 Å². The van der Waals surface area contributed by atoms with Crippen LogP contribution in [0.25, 0.3) is 0 Å². The van der Waals surface area contributed by atoms with Crippen LogP contribution < -0.4 is 11.1 Å². The van der Waals surface area contributed by atoms with E-state index in [1.807, 2.05) is 19.9 Å². The van der Waals surface area contributed by atoms with Crippen molar-refractivity contribution in [1.82, 2.24) is 5.32 Å². The van der Waals surface area contributed by atoms with Crippen molar-refractivity contribution in [1.29, 1.82) is 0 Å². The van der Waals surface area contributed by atoms with E-state index in [4.69, 9.17) is 5.73 Å². The largest absolute Gasteiger partial charge is 0.352 e. The van der Waals surface area contributed by atoms with Gasteiger partial charge in [0.05, 0.1) is 0 Å². The van der Waals surface area contributed by atoms with Gasteiger partial charge in [-0.2, -0.15) is 0 Å². The van der Waals surface area contributed by atoms with Gasteiger partial charge >= 0.3 is 0 Å². The first-order valence-corrected chi connectivity index (χ1v) is 7.92. The van der Waals surface area contributed by atoms with Crippen molar-refractivity contribution >= 4 is 23.0 Å². The van der Waals surface area contributed by atoms with E-state index in [0.29, 0.717) is 12.5 Å². The van der Waals surface area contributed by atoms with Gasteiger partial charge in [-0.15, -0.1) is 11.3 Å². The Labute approximate surface area is 123 Å². The van der Waals surface area contributed by atoms with Gasteiger partial charge in [0.15, 0.2) is 5.78 Å². The number of amides is 1. The number of ketones is 1. The predicted molar refractivity (Wildman–Crippen MR) is 81.1 cm³/mol. The van der Waals surface area contributed by atoms with Gasteiger partial charge in [0.25, 0.3) is 0 Å². The van der Waals surface area contributed by atoms with Crippen LogP contribution >= 0.6 is 11.3 Å². The summed E-state index contributed by atoms with van der Waals surface area (Å²) < 4.78 is 0. The lowest BCUT2D eigenvalue weighted by Gasteiger charge is -2.15. The molecule has 1 saturated carbocycles. The van der Waals surface area contributed by atoms with Crippen molar-refractivity contribution in [3.05, 3.63) is 21.4 Å². The minimum Gasteiger partial charge on any atom is -0.352 e. The molecule has 0 aromatic carbocycles. The number of carbonyl (C=O) groups is 2. The zero-order valence-electron chi connectivity index (χ0n) is 12.1. The molecule has 1 fully saturated rings. The molecule has 1 amide bonds. The molecule has 1 aliphatic carbocycles. The van der Waals surface area contributed by atoms with Crippen LogP contribution in [-0.4, -0.2) is 24.3 Å². The molecule has 0 bridgehead atoms. The normalized spacial score (nSPS) is 15.9. The number of hydrogen-bond acceptors (Lipinski definition) is 4. The SMILES string of the molecule is Cc1cc(C(=O)CCC(=O)NC(CN)C2CC2)c(C)s1. The van der Waals surface area contributed by atoms with E-state index in [-0.39, 0.29) is 30.6 Å². The maximum Gasteiger partial charge on any atom is 0.220 e. The standard InChI is InChI=1S/C15H22N2O2S/c1-9-7-12(10(2)20-9)14(18)5-6-15(19)17-13(8-16)11-3-4-11/h7,11,13H,3-6,8,16H2,1-2H3,(H,17,19). The summed E-state index contributed by atoms with van der Waals surface area (Å²) in [6, 6.07) is 2.00. The Balaban J connectivity index is 1.80. The summed E-state index contributed by atoms with van der Waals surface area (Å²) in [5.41, 5.74) is 6.41. The molecule has 0 radical (unpaired) electrons. The molecule has 1 aliphatic rings. The van der Waals surface area contributed by atoms with Gasteiger partial charge in [-0.1, -0.05) is 0 Å². The van der Waals surface area contributed by atoms with Gasteiger partial charge < -0.3 is 11.1 Å². The number of Topliss-reactive ketones (excluding diaryl/α,β-unsaturated/α-hetero) is 1. The molecule has 0 saturated heterocycles. The molecule has 3 N–H and O–H groups in total. The summed E-state index contributed by atoms with van der Waals surface area (Å²) in [7, 11) is 0. The first kappa shape index (κ1) is 15.2. The Kier molecular flexibility index (Phi) is 4.94. The molecule has 1 unspecified atom stereocenters. The molecule has 1 aromatic heterocycles. The van der Waals surface area contributed by atoms with Crippen molar-refractivity contribution < 1.29 is 9.59 Å². The highest BCUT2D eigenvalue weighted by atomic mass is 32.1. The van der Waals surface area contributed by atoms with Gasteiger partial charge in [0.2, 0.25) is 5.91 Å². The molecular weight excluding hydrogens is 272 g/mol. The maximum atomic E-state index is 12.1. The summed E-state index contributed by atoms with van der Waals surface area (Å²) in [5.74, 6) is 0.532. The number of thiophene rings is 1. The Hall–Kier alpha value is -1.20. The van der Waals surface area contributed by atoms with Crippen LogP contribution in [0.4, 0.5) is 0 Å². The summed E-state index contributed by atoms with van der Waals surface area (Å²) in [4.78, 5) is 26.1. The Morgan fingerprint density at radius 2 is 2.10 bits per heavy atom. The van der Waals surface area contributed by atoms with Gasteiger partial charge in [-0.3, -0.25) is 9.59 Å². The van der Waals surface area contributed by atoms with E-state index < -0.39 is 0 Å². The van der Waals surface area contributed by atoms with E-state index in [2.05, 4.69) is 5.32 Å². The molecule has 1 aromatic rings. The molecule has 20 heavy (non-hydrogen) atoms. The number of nitrogens with two attached hydrogens (primary N) is 1. The number of carbonyl (C=O) groups excluding carboxylic acids is 2. The molecule has 5 heteroatoms. The van der Waals surface area contributed by atoms with Gasteiger partial charge in [0, 0.05) is 40.7 Å². The number of aryl methyl sites for hydroxylation is 2. The minimum absolute atomic E-state index is 0.0534. The van der Waals surface area contributed by atoms with Crippen molar-refractivity contribution in [3.8, 4) is 0 Å². The van der Waals surface area contributed by atoms with Crippen molar-refractivity contribution in [2.24, 2.45) is 11.7 Å². The molecule has 1 atom stereocenters. The fraction of sp³-hybridized carbons (Fsp3) is 0.600. The van der Waals surface area contributed by atoms with E-state index in [9.17, 15) is 9.59 Å². The highest BCUT2D eigenvalue weighted by Crippen LogP contribution is 2.32. The Morgan fingerprint density at radius 3 is 2.60 bits per heavy atom. The highest BCUT2D eigenvalue weighted by Gasteiger charge is 2.31. The summed E-state index contributed by atoms with van der Waals surface area (Å²) in [6.45, 7) is 4.42. The second-order valence-electron chi connectivity index (χ2n) is 5.50. The molecule has 2 rings (SSSR count). The Morgan fingerprint density at radius 1 is 1.40 bits per heavy atom. The first-order chi connectivity index (χ1) is 9.51. The van der Waals surface area contributed by atoms with Gasteiger partial charge in [0.1, 0.15) is 0 Å². The van der Waals surface area contributed by atoms with E-state index in [1.54, 1.807) is 11.3 Å². The highest BCUT2D eigenvalue weighted by molar-refractivity contribution is 7.12. The average molecular weight is 294 g/mol. The molecule has 0 aliphatic heterocycles. The van der Waals surface area contributed by atoms with Crippen LogP contribution in [0.15, 0.2) is 6.07 Å². The average Bonchev–Trinajstić information content (AvgIpc) is 3.18. The second kappa shape index (κ2) is 6.50. The topological polar surface area (TPSA) is 72.2 Å². The summed E-state index contributed by atoms with van der Waals surface area (Å²) >= 11 is 1.62. The first-order valence-electron chi connectivity index (χ1n) is 7.11. The molecule has 110 valence electrons. The van der Waals surface area contributed by atoms with Crippen LogP contribution in [0.5, 0.6) is 0 Å². The third-order valence-electron chi connectivity index (χ3n) is 3.71. The maximum absolute atomic E-state index is 12.1. The lowest BCUT2D eigenvalue weighted by atomic mass is 10.1. The number of nitrogens with one attached hydrogen (secondary N) is 1. The molecule has 0 spiro atoms. The van der Waals surface area contributed by atoms with E-state index in [0.717, 1.165) is 28.2 Å². The van der Waals surface area contributed by atoms with Crippen LogP contribution in [0.2, 0.25) is 0 Å². The summed E-state index contributed by atoms with van der Waals surface area (Å²) in [6.07, 6.45) is 2.81. The quantitative estimate of drug-likeness (QED) is 0.757. The zero-order valence-corrected chi connectivity index (χ0v) is 12.9. The van der Waals surface area contributed by atoms with Gasteiger partial charge in [-0.25, -0.2) is 0 Å². The predicted octanol–water partition coefficient (Wildman–Crippen LogP) is 2.18. The fourth-order valence-electron chi connectivity index (χ4n) is 2.42. The zero-order chi connectivity index (χ0) is 14.7. The smallest absolute Gasteiger partial charge is 0.220 e. The summed E-state index contributed by atoms with van der Waals surface area (Å²) in [5, 5.41) is 2.94. The minimum atomic E-state index is -0.0645. The Bertz CT molecular complexity index is 506. The van der Waals surface area contributed by atoms with Crippen LogP contribution in [0.1, 0.15) is 45.8 Å². The van der Waals surface area contributed by atoms with E-state index >= 15 is 0 Å². The lowest BCUT2D eigenvalue weighted by molar-refractivity contribution is -0.121.